The molecule has 0 aliphatic heterocycles. The van der Waals surface area contributed by atoms with Crippen molar-refractivity contribution in [2.75, 3.05) is 0 Å². The van der Waals surface area contributed by atoms with E-state index in [1.165, 1.54) is 25.7 Å². The molecule has 84 valence electrons. The van der Waals surface area contributed by atoms with E-state index in [-0.39, 0.29) is 0 Å². The Labute approximate surface area is 91.7 Å². The number of rotatable bonds is 5. The highest BCUT2D eigenvalue weighted by molar-refractivity contribution is 5.15. The van der Waals surface area contributed by atoms with Crippen molar-refractivity contribution in [2.45, 2.75) is 58.8 Å². The van der Waals surface area contributed by atoms with E-state index in [1.807, 2.05) is 0 Å². The van der Waals surface area contributed by atoms with E-state index in [0.29, 0.717) is 11.3 Å². The molecule has 0 bridgehead atoms. The van der Waals surface area contributed by atoms with E-state index in [0.717, 1.165) is 18.1 Å². The second kappa shape index (κ2) is 3.95. The van der Waals surface area contributed by atoms with Gasteiger partial charge in [-0.3, -0.25) is 5.10 Å². The minimum absolute atomic E-state index is 0.433. The number of aryl methyl sites for hydroxylation is 1. The Morgan fingerprint density at radius 2 is 2.13 bits per heavy atom. The molecule has 1 atom stereocenters. The highest BCUT2D eigenvalue weighted by atomic mass is 15.2. The maximum absolute atomic E-state index is 4.57. The van der Waals surface area contributed by atoms with Gasteiger partial charge < -0.3 is 0 Å². The molecule has 0 amide bonds. The third kappa shape index (κ3) is 2.39. The Kier molecular flexibility index (Phi) is 2.81. The maximum atomic E-state index is 4.57. The van der Waals surface area contributed by atoms with Crippen LogP contribution in [-0.4, -0.2) is 15.2 Å². The molecule has 1 aliphatic rings. The van der Waals surface area contributed by atoms with Crippen LogP contribution in [-0.2, 0) is 6.42 Å². The number of unbranched alkanes of at least 4 members (excludes halogenated alkanes) is 2. The lowest BCUT2D eigenvalue weighted by molar-refractivity contribution is 0.609. The van der Waals surface area contributed by atoms with Crippen molar-refractivity contribution in [2.24, 2.45) is 5.41 Å². The third-order valence-electron chi connectivity index (χ3n) is 3.39. The summed E-state index contributed by atoms with van der Waals surface area (Å²) in [6.45, 7) is 6.79. The van der Waals surface area contributed by atoms with E-state index in [1.54, 1.807) is 0 Å². The van der Waals surface area contributed by atoms with Gasteiger partial charge in [-0.05, 0) is 18.3 Å². The molecule has 1 aromatic rings. The molecule has 15 heavy (non-hydrogen) atoms. The van der Waals surface area contributed by atoms with E-state index in [4.69, 9.17) is 0 Å². The predicted molar refractivity (Wildman–Crippen MR) is 60.8 cm³/mol. The Morgan fingerprint density at radius 3 is 2.73 bits per heavy atom. The van der Waals surface area contributed by atoms with Gasteiger partial charge in [-0.15, -0.1) is 0 Å². The standard InChI is InChI=1S/C12H21N3/c1-4-5-6-7-10-13-11(15-14-10)9-8-12(9,2)3/h9H,4-8H2,1-3H3,(H,13,14,15)/t9-/m0/s1. The maximum Gasteiger partial charge on any atom is 0.154 e. The molecule has 1 fully saturated rings. The van der Waals surface area contributed by atoms with Crippen LogP contribution in [0.4, 0.5) is 0 Å². The van der Waals surface area contributed by atoms with Gasteiger partial charge in [0.25, 0.3) is 0 Å². The number of hydrogen-bond acceptors (Lipinski definition) is 2. The molecule has 0 aromatic carbocycles. The fourth-order valence-corrected chi connectivity index (χ4v) is 2.03. The van der Waals surface area contributed by atoms with Crippen molar-refractivity contribution in [1.29, 1.82) is 0 Å². The first-order valence-corrected chi connectivity index (χ1v) is 6.04. The van der Waals surface area contributed by atoms with Gasteiger partial charge in [0.1, 0.15) is 5.82 Å². The van der Waals surface area contributed by atoms with Crippen LogP contribution in [0.2, 0.25) is 0 Å². The highest BCUT2D eigenvalue weighted by Crippen LogP contribution is 2.57. The zero-order valence-electron chi connectivity index (χ0n) is 10.0. The van der Waals surface area contributed by atoms with Gasteiger partial charge in [0.15, 0.2) is 5.82 Å². The van der Waals surface area contributed by atoms with Crippen molar-refractivity contribution in [3.63, 3.8) is 0 Å². The molecule has 1 N–H and O–H groups in total. The number of aromatic nitrogens is 3. The van der Waals surface area contributed by atoms with Gasteiger partial charge in [0, 0.05) is 12.3 Å². The topological polar surface area (TPSA) is 41.6 Å². The number of H-pyrrole nitrogens is 1. The molecule has 3 nitrogen and oxygen atoms in total. The third-order valence-corrected chi connectivity index (χ3v) is 3.39. The summed E-state index contributed by atoms with van der Waals surface area (Å²) in [5.41, 5.74) is 0.433. The van der Waals surface area contributed by atoms with Crippen LogP contribution in [0.3, 0.4) is 0 Å². The van der Waals surface area contributed by atoms with Crippen molar-refractivity contribution in [3.05, 3.63) is 11.6 Å². The summed E-state index contributed by atoms with van der Waals surface area (Å²) in [5.74, 6) is 2.70. The first kappa shape index (κ1) is 10.7. The van der Waals surface area contributed by atoms with Gasteiger partial charge in [0.05, 0.1) is 0 Å². The highest BCUT2D eigenvalue weighted by Gasteiger charge is 2.49. The lowest BCUT2D eigenvalue weighted by atomic mass is 10.1. The lowest BCUT2D eigenvalue weighted by Crippen LogP contribution is -1.92. The molecule has 1 aliphatic carbocycles. The molecule has 2 rings (SSSR count). The molecule has 1 heterocycles. The van der Waals surface area contributed by atoms with Crippen LogP contribution in [0.15, 0.2) is 0 Å². The first-order chi connectivity index (χ1) is 7.13. The van der Waals surface area contributed by atoms with E-state index >= 15 is 0 Å². The van der Waals surface area contributed by atoms with Crippen LogP contribution >= 0.6 is 0 Å². The quantitative estimate of drug-likeness (QED) is 0.754. The van der Waals surface area contributed by atoms with Crippen molar-refractivity contribution < 1.29 is 0 Å². The fourth-order valence-electron chi connectivity index (χ4n) is 2.03. The van der Waals surface area contributed by atoms with Gasteiger partial charge in [-0.1, -0.05) is 33.6 Å². The second-order valence-electron chi connectivity index (χ2n) is 5.34. The Morgan fingerprint density at radius 1 is 1.40 bits per heavy atom. The normalized spacial score (nSPS) is 23.0. The van der Waals surface area contributed by atoms with Crippen molar-refractivity contribution in [3.8, 4) is 0 Å². The van der Waals surface area contributed by atoms with Crippen molar-refractivity contribution in [1.82, 2.24) is 15.2 Å². The number of nitrogens with zero attached hydrogens (tertiary/aromatic N) is 2. The summed E-state index contributed by atoms with van der Waals surface area (Å²) in [4.78, 5) is 4.57. The van der Waals surface area contributed by atoms with Gasteiger partial charge in [-0.25, -0.2) is 4.98 Å². The molecule has 1 aromatic heterocycles. The molecule has 0 unspecified atom stereocenters. The average molecular weight is 207 g/mol. The van der Waals surface area contributed by atoms with E-state index in [2.05, 4.69) is 36.0 Å². The summed E-state index contributed by atoms with van der Waals surface area (Å²) >= 11 is 0. The first-order valence-electron chi connectivity index (χ1n) is 6.04. The van der Waals surface area contributed by atoms with E-state index < -0.39 is 0 Å². The molecule has 3 heteroatoms. The van der Waals surface area contributed by atoms with Crippen LogP contribution in [0, 0.1) is 5.41 Å². The zero-order chi connectivity index (χ0) is 10.9. The number of aromatic amines is 1. The van der Waals surface area contributed by atoms with Crippen LogP contribution in [0.5, 0.6) is 0 Å². The SMILES string of the molecule is CCCCCc1nc([C@@H]2CC2(C)C)n[nH]1. The van der Waals surface area contributed by atoms with Crippen LogP contribution in [0.1, 0.15) is 64.0 Å². The minimum Gasteiger partial charge on any atom is -0.263 e. The molecule has 0 saturated heterocycles. The predicted octanol–water partition coefficient (Wildman–Crippen LogP) is 3.05. The Bertz CT molecular complexity index is 327. The van der Waals surface area contributed by atoms with Gasteiger partial charge in [-0.2, -0.15) is 5.10 Å². The van der Waals surface area contributed by atoms with Crippen LogP contribution in [0.25, 0.3) is 0 Å². The minimum atomic E-state index is 0.433. The monoisotopic (exact) mass is 207 g/mol. The van der Waals surface area contributed by atoms with Crippen molar-refractivity contribution >= 4 is 0 Å². The van der Waals surface area contributed by atoms with Gasteiger partial charge >= 0.3 is 0 Å². The molecule has 0 spiro atoms. The van der Waals surface area contributed by atoms with Crippen LogP contribution < -0.4 is 0 Å². The number of hydrogen-bond donors (Lipinski definition) is 1. The molecule has 0 radical (unpaired) electrons. The summed E-state index contributed by atoms with van der Waals surface area (Å²) in [7, 11) is 0. The smallest absolute Gasteiger partial charge is 0.154 e. The molecular weight excluding hydrogens is 186 g/mol. The van der Waals surface area contributed by atoms with Gasteiger partial charge in [0.2, 0.25) is 0 Å². The largest absolute Gasteiger partial charge is 0.263 e. The number of nitrogens with one attached hydrogen (secondary N) is 1. The zero-order valence-corrected chi connectivity index (χ0v) is 10.0. The second-order valence-corrected chi connectivity index (χ2v) is 5.34. The summed E-state index contributed by atoms with van der Waals surface area (Å²) in [6, 6.07) is 0. The lowest BCUT2D eigenvalue weighted by Gasteiger charge is -1.96. The average Bonchev–Trinajstić information content (AvgIpc) is 2.64. The summed E-state index contributed by atoms with van der Waals surface area (Å²) in [5, 5.41) is 7.38. The van der Waals surface area contributed by atoms with E-state index in [9.17, 15) is 0 Å². The molecular formula is C12H21N3. The summed E-state index contributed by atoms with van der Waals surface area (Å²) in [6.07, 6.45) is 6.05. The fraction of sp³-hybridized carbons (Fsp3) is 0.833. The molecule has 1 saturated carbocycles. The summed E-state index contributed by atoms with van der Waals surface area (Å²) < 4.78 is 0. The Balaban J connectivity index is 1.88. The Hall–Kier alpha value is -0.860.